The molecule has 0 aliphatic rings. The van der Waals surface area contributed by atoms with Crippen LogP contribution in [-0.4, -0.2) is 38.2 Å². The lowest BCUT2D eigenvalue weighted by Crippen LogP contribution is -2.22. The summed E-state index contributed by atoms with van der Waals surface area (Å²) in [7, 11) is 4.06. The van der Waals surface area contributed by atoms with E-state index in [9.17, 15) is 0 Å². The normalized spacial score (nSPS) is 11.3. The van der Waals surface area contributed by atoms with Crippen LogP contribution in [0.5, 0.6) is 0 Å². The number of imidazole rings is 1. The second kappa shape index (κ2) is 5.77. The van der Waals surface area contributed by atoms with Gasteiger partial charge in [0.15, 0.2) is 5.82 Å². The first-order chi connectivity index (χ1) is 8.69. The van der Waals surface area contributed by atoms with Crippen LogP contribution in [-0.2, 0) is 26.4 Å². The summed E-state index contributed by atoms with van der Waals surface area (Å²) >= 11 is 0. The zero-order chi connectivity index (χ0) is 13.0. The van der Waals surface area contributed by atoms with Crippen LogP contribution < -0.4 is 0 Å². The van der Waals surface area contributed by atoms with Gasteiger partial charge in [-0.1, -0.05) is 12.1 Å². The van der Waals surface area contributed by atoms with Crippen molar-refractivity contribution in [1.82, 2.24) is 24.6 Å². The molecule has 2 aromatic rings. The van der Waals surface area contributed by atoms with Gasteiger partial charge in [0.1, 0.15) is 5.82 Å². The zero-order valence-electron chi connectivity index (χ0n) is 11.1. The van der Waals surface area contributed by atoms with Gasteiger partial charge in [-0.2, -0.15) is 4.98 Å². The van der Waals surface area contributed by atoms with Crippen LogP contribution in [0.25, 0.3) is 0 Å². The number of aryl methyl sites for hydroxylation is 2. The SMILES string of the molecule is CCc1nc(CN(C)CCc2nccn2C)no1. The van der Waals surface area contributed by atoms with Gasteiger partial charge >= 0.3 is 0 Å². The molecule has 0 aromatic carbocycles. The van der Waals surface area contributed by atoms with Crippen molar-refractivity contribution in [2.24, 2.45) is 7.05 Å². The fourth-order valence-electron chi connectivity index (χ4n) is 1.75. The van der Waals surface area contributed by atoms with Crippen molar-refractivity contribution < 1.29 is 4.52 Å². The van der Waals surface area contributed by atoms with Crippen LogP contribution in [0.1, 0.15) is 24.5 Å². The molecule has 0 aliphatic heterocycles. The van der Waals surface area contributed by atoms with Gasteiger partial charge in [0.2, 0.25) is 5.89 Å². The first-order valence-corrected chi connectivity index (χ1v) is 6.15. The molecule has 2 aromatic heterocycles. The fourth-order valence-corrected chi connectivity index (χ4v) is 1.75. The molecule has 6 heteroatoms. The molecule has 0 bridgehead atoms. The monoisotopic (exact) mass is 249 g/mol. The van der Waals surface area contributed by atoms with E-state index in [4.69, 9.17) is 4.52 Å². The van der Waals surface area contributed by atoms with E-state index in [0.29, 0.717) is 12.4 Å². The number of aromatic nitrogens is 4. The average molecular weight is 249 g/mol. The Labute approximate surface area is 107 Å². The van der Waals surface area contributed by atoms with Crippen LogP contribution in [0.2, 0.25) is 0 Å². The quantitative estimate of drug-likeness (QED) is 0.765. The van der Waals surface area contributed by atoms with Crippen LogP contribution >= 0.6 is 0 Å². The van der Waals surface area contributed by atoms with Gasteiger partial charge in [-0.3, -0.25) is 4.90 Å². The van der Waals surface area contributed by atoms with E-state index in [-0.39, 0.29) is 0 Å². The van der Waals surface area contributed by atoms with Gasteiger partial charge in [0, 0.05) is 38.8 Å². The molecule has 18 heavy (non-hydrogen) atoms. The number of hydrogen-bond acceptors (Lipinski definition) is 5. The number of nitrogens with zero attached hydrogens (tertiary/aromatic N) is 5. The minimum Gasteiger partial charge on any atom is -0.339 e. The molecule has 0 radical (unpaired) electrons. The van der Waals surface area contributed by atoms with Crippen molar-refractivity contribution >= 4 is 0 Å². The Morgan fingerprint density at radius 2 is 2.28 bits per heavy atom. The summed E-state index contributed by atoms with van der Waals surface area (Å²) in [5.74, 6) is 2.53. The maximum Gasteiger partial charge on any atom is 0.226 e. The lowest BCUT2D eigenvalue weighted by molar-refractivity contribution is 0.307. The number of likely N-dealkylation sites (N-methyl/N-ethyl adjacent to an activating group) is 1. The Kier molecular flexibility index (Phi) is 4.09. The standard InChI is InChI=1S/C12H19N5O/c1-4-12-14-10(15-18-12)9-16(2)7-5-11-13-6-8-17(11)3/h6,8H,4-5,7,9H2,1-3H3. The molecule has 0 atom stereocenters. The molecule has 0 unspecified atom stereocenters. The Hall–Kier alpha value is -1.69. The molecule has 0 amide bonds. The largest absolute Gasteiger partial charge is 0.339 e. The Morgan fingerprint density at radius 1 is 1.44 bits per heavy atom. The van der Waals surface area contributed by atoms with E-state index in [1.165, 1.54) is 0 Å². The number of rotatable bonds is 6. The molecule has 0 spiro atoms. The van der Waals surface area contributed by atoms with Gasteiger partial charge in [0.25, 0.3) is 0 Å². The first-order valence-electron chi connectivity index (χ1n) is 6.15. The molecule has 6 nitrogen and oxygen atoms in total. The van der Waals surface area contributed by atoms with E-state index in [1.807, 2.05) is 38.0 Å². The molecule has 0 saturated heterocycles. The second-order valence-electron chi connectivity index (χ2n) is 4.40. The summed E-state index contributed by atoms with van der Waals surface area (Å²) in [6, 6.07) is 0. The van der Waals surface area contributed by atoms with E-state index >= 15 is 0 Å². The average Bonchev–Trinajstić information content (AvgIpc) is 2.96. The maximum absolute atomic E-state index is 5.08. The minimum absolute atomic E-state index is 0.697. The highest BCUT2D eigenvalue weighted by molar-refractivity contribution is 4.92. The molecule has 0 fully saturated rings. The molecular formula is C12H19N5O. The summed E-state index contributed by atoms with van der Waals surface area (Å²) in [5, 5.41) is 3.94. The summed E-state index contributed by atoms with van der Waals surface area (Å²) < 4.78 is 7.12. The zero-order valence-corrected chi connectivity index (χ0v) is 11.1. The molecule has 0 N–H and O–H groups in total. The second-order valence-corrected chi connectivity index (χ2v) is 4.40. The minimum atomic E-state index is 0.697. The predicted molar refractivity (Wildman–Crippen MR) is 66.9 cm³/mol. The van der Waals surface area contributed by atoms with Crippen molar-refractivity contribution in [3.05, 3.63) is 29.9 Å². The van der Waals surface area contributed by atoms with Gasteiger partial charge in [-0.25, -0.2) is 4.98 Å². The van der Waals surface area contributed by atoms with Crippen LogP contribution in [0.15, 0.2) is 16.9 Å². The Morgan fingerprint density at radius 3 is 2.89 bits per heavy atom. The molecule has 0 aliphatic carbocycles. The summed E-state index contributed by atoms with van der Waals surface area (Å²) in [6.07, 6.45) is 5.48. The lowest BCUT2D eigenvalue weighted by Gasteiger charge is -2.13. The van der Waals surface area contributed by atoms with Crippen molar-refractivity contribution in [2.75, 3.05) is 13.6 Å². The first kappa shape index (κ1) is 12.8. The summed E-state index contributed by atoms with van der Waals surface area (Å²) in [5.41, 5.74) is 0. The Bertz CT molecular complexity index is 490. The highest BCUT2D eigenvalue weighted by Gasteiger charge is 2.08. The van der Waals surface area contributed by atoms with Crippen molar-refractivity contribution in [1.29, 1.82) is 0 Å². The van der Waals surface area contributed by atoms with Gasteiger partial charge in [0.05, 0.1) is 6.54 Å². The van der Waals surface area contributed by atoms with Crippen LogP contribution in [0.4, 0.5) is 0 Å². The highest BCUT2D eigenvalue weighted by Crippen LogP contribution is 2.03. The third-order valence-electron chi connectivity index (χ3n) is 2.86. The van der Waals surface area contributed by atoms with Gasteiger partial charge in [-0.15, -0.1) is 0 Å². The van der Waals surface area contributed by atoms with Crippen LogP contribution in [0.3, 0.4) is 0 Å². The topological polar surface area (TPSA) is 60.0 Å². The highest BCUT2D eigenvalue weighted by atomic mass is 16.5. The van der Waals surface area contributed by atoms with Crippen molar-refractivity contribution in [3.63, 3.8) is 0 Å². The van der Waals surface area contributed by atoms with Crippen molar-refractivity contribution in [3.8, 4) is 0 Å². The van der Waals surface area contributed by atoms with Crippen LogP contribution in [0, 0.1) is 0 Å². The number of hydrogen-bond donors (Lipinski definition) is 0. The Balaban J connectivity index is 1.81. The van der Waals surface area contributed by atoms with E-state index in [2.05, 4.69) is 20.0 Å². The van der Waals surface area contributed by atoms with Gasteiger partial charge < -0.3 is 9.09 Å². The molecule has 2 rings (SSSR count). The molecule has 98 valence electrons. The molecular weight excluding hydrogens is 230 g/mol. The smallest absolute Gasteiger partial charge is 0.226 e. The predicted octanol–water partition coefficient (Wildman–Crippen LogP) is 1.04. The van der Waals surface area contributed by atoms with Gasteiger partial charge in [-0.05, 0) is 7.05 Å². The molecule has 2 heterocycles. The van der Waals surface area contributed by atoms with E-state index in [1.54, 1.807) is 0 Å². The summed E-state index contributed by atoms with van der Waals surface area (Å²) in [6.45, 7) is 3.62. The maximum atomic E-state index is 5.08. The van der Waals surface area contributed by atoms with E-state index < -0.39 is 0 Å². The third kappa shape index (κ3) is 3.16. The molecule has 0 saturated carbocycles. The fraction of sp³-hybridized carbons (Fsp3) is 0.583. The van der Waals surface area contributed by atoms with Crippen molar-refractivity contribution in [2.45, 2.75) is 26.3 Å². The summed E-state index contributed by atoms with van der Waals surface area (Å²) in [4.78, 5) is 10.8. The van der Waals surface area contributed by atoms with E-state index in [0.717, 1.165) is 31.0 Å². The third-order valence-corrected chi connectivity index (χ3v) is 2.86. The lowest BCUT2D eigenvalue weighted by atomic mass is 10.3.